The molecule has 1 atom stereocenters. The average molecular weight is 314 g/mol. The van der Waals surface area contributed by atoms with E-state index in [2.05, 4.69) is 22.3 Å². The summed E-state index contributed by atoms with van der Waals surface area (Å²) in [6.45, 7) is 4.00. The summed E-state index contributed by atoms with van der Waals surface area (Å²) in [4.78, 5) is 14.9. The van der Waals surface area contributed by atoms with E-state index < -0.39 is 0 Å². The maximum atomic E-state index is 12.9. The van der Waals surface area contributed by atoms with Crippen molar-refractivity contribution in [3.05, 3.63) is 23.8 Å². The number of rotatable bonds is 2. The molecule has 5 nitrogen and oxygen atoms in total. The van der Waals surface area contributed by atoms with E-state index in [9.17, 15) is 4.79 Å². The Hall–Kier alpha value is -1.91. The smallest absolute Gasteiger partial charge is 0.253 e. The zero-order valence-corrected chi connectivity index (χ0v) is 13.9. The van der Waals surface area contributed by atoms with Gasteiger partial charge in [0.15, 0.2) is 0 Å². The van der Waals surface area contributed by atoms with Gasteiger partial charge in [0.2, 0.25) is 0 Å². The van der Waals surface area contributed by atoms with Crippen LogP contribution in [-0.4, -0.2) is 39.3 Å². The van der Waals surface area contributed by atoms with Gasteiger partial charge in [0.05, 0.1) is 0 Å². The van der Waals surface area contributed by atoms with Gasteiger partial charge in [-0.15, -0.1) is 0 Å². The number of carbonyl (C=O) groups is 1. The summed E-state index contributed by atoms with van der Waals surface area (Å²) < 4.78 is 0. The highest BCUT2D eigenvalue weighted by Crippen LogP contribution is 2.21. The van der Waals surface area contributed by atoms with E-state index in [-0.39, 0.29) is 5.91 Å². The highest BCUT2D eigenvalue weighted by molar-refractivity contribution is 5.97. The third-order valence-corrected chi connectivity index (χ3v) is 5.03. The van der Waals surface area contributed by atoms with Crippen LogP contribution in [0, 0.1) is 5.92 Å². The van der Waals surface area contributed by atoms with E-state index in [0.717, 1.165) is 48.4 Å². The average Bonchev–Trinajstić information content (AvgIpc) is 3.06. The molecule has 3 rings (SSSR count). The fourth-order valence-electron chi connectivity index (χ4n) is 3.45. The van der Waals surface area contributed by atoms with Crippen molar-refractivity contribution in [1.29, 1.82) is 0 Å². The summed E-state index contributed by atoms with van der Waals surface area (Å²) in [5, 5.41) is 10.7. The van der Waals surface area contributed by atoms with Crippen LogP contribution in [0.2, 0.25) is 0 Å². The third-order valence-electron chi connectivity index (χ3n) is 5.03. The van der Waals surface area contributed by atoms with Crippen LogP contribution in [0.1, 0.15) is 62.2 Å². The van der Waals surface area contributed by atoms with Gasteiger partial charge in [-0.1, -0.05) is 39.0 Å². The molecule has 5 heteroatoms. The van der Waals surface area contributed by atoms with Crippen molar-refractivity contribution >= 4 is 16.9 Å². The molecule has 2 aromatic rings. The fraction of sp³-hybridized carbons (Fsp3) is 0.611. The lowest BCUT2D eigenvalue weighted by Crippen LogP contribution is -2.34. The maximum Gasteiger partial charge on any atom is 0.253 e. The van der Waals surface area contributed by atoms with Gasteiger partial charge in [-0.05, 0) is 37.0 Å². The molecule has 1 N–H and O–H groups in total. The lowest BCUT2D eigenvalue weighted by molar-refractivity contribution is 0.0738. The molecule has 1 aromatic carbocycles. The summed E-state index contributed by atoms with van der Waals surface area (Å²) in [5.74, 6) is 0.881. The van der Waals surface area contributed by atoms with Gasteiger partial charge in [-0.2, -0.15) is 15.4 Å². The topological polar surface area (TPSA) is 61.9 Å². The molecule has 124 valence electrons. The Bertz CT molecular complexity index is 651. The molecule has 1 unspecified atom stereocenters. The number of nitrogens with one attached hydrogen (secondary N) is 1. The van der Waals surface area contributed by atoms with Crippen LogP contribution in [0.5, 0.6) is 0 Å². The van der Waals surface area contributed by atoms with Gasteiger partial charge < -0.3 is 4.90 Å². The molecule has 0 radical (unpaired) electrons. The first-order valence-corrected chi connectivity index (χ1v) is 8.87. The highest BCUT2D eigenvalue weighted by Gasteiger charge is 2.19. The summed E-state index contributed by atoms with van der Waals surface area (Å²) in [5.41, 5.74) is 2.27. The van der Waals surface area contributed by atoms with Crippen LogP contribution in [0.3, 0.4) is 0 Å². The number of amides is 1. The maximum absolute atomic E-state index is 12.9. The molecule has 1 amide bonds. The quantitative estimate of drug-likeness (QED) is 0.917. The Morgan fingerprint density at radius 2 is 1.96 bits per heavy atom. The first-order valence-electron chi connectivity index (χ1n) is 8.87. The second-order valence-corrected chi connectivity index (χ2v) is 6.59. The predicted molar refractivity (Wildman–Crippen MR) is 91.3 cm³/mol. The van der Waals surface area contributed by atoms with Crippen LogP contribution in [0.4, 0.5) is 0 Å². The van der Waals surface area contributed by atoms with Gasteiger partial charge in [0.1, 0.15) is 11.0 Å². The van der Waals surface area contributed by atoms with Gasteiger partial charge in [-0.25, -0.2) is 0 Å². The van der Waals surface area contributed by atoms with E-state index >= 15 is 0 Å². The first kappa shape index (κ1) is 16.0. The molecule has 1 aliphatic heterocycles. The van der Waals surface area contributed by atoms with Gasteiger partial charge in [0, 0.05) is 18.7 Å². The van der Waals surface area contributed by atoms with E-state index in [4.69, 9.17) is 0 Å². The molecule has 1 fully saturated rings. The number of benzene rings is 1. The van der Waals surface area contributed by atoms with Crippen LogP contribution < -0.4 is 0 Å². The highest BCUT2D eigenvalue weighted by atomic mass is 16.2. The van der Waals surface area contributed by atoms with Crippen LogP contribution >= 0.6 is 0 Å². The lowest BCUT2D eigenvalue weighted by Gasteiger charge is -2.26. The fourth-order valence-corrected chi connectivity index (χ4v) is 3.45. The van der Waals surface area contributed by atoms with Crippen molar-refractivity contribution in [2.45, 2.75) is 51.9 Å². The molecule has 0 aliphatic carbocycles. The molecule has 1 aromatic heterocycles. The largest absolute Gasteiger partial charge is 0.339 e. The minimum Gasteiger partial charge on any atom is -0.339 e. The van der Waals surface area contributed by atoms with Crippen molar-refractivity contribution in [2.75, 3.05) is 13.1 Å². The van der Waals surface area contributed by atoms with Crippen molar-refractivity contribution in [3.8, 4) is 0 Å². The Labute approximate surface area is 137 Å². The van der Waals surface area contributed by atoms with Crippen molar-refractivity contribution < 1.29 is 4.79 Å². The van der Waals surface area contributed by atoms with Gasteiger partial charge >= 0.3 is 0 Å². The molecule has 23 heavy (non-hydrogen) atoms. The first-order chi connectivity index (χ1) is 11.3. The number of aromatic nitrogens is 3. The Morgan fingerprint density at radius 3 is 2.83 bits per heavy atom. The van der Waals surface area contributed by atoms with Crippen molar-refractivity contribution in [3.63, 3.8) is 0 Å². The third kappa shape index (κ3) is 3.89. The molecule has 0 spiro atoms. The Kier molecular flexibility index (Phi) is 5.26. The summed E-state index contributed by atoms with van der Waals surface area (Å²) in [6, 6.07) is 5.57. The van der Waals surface area contributed by atoms with Crippen molar-refractivity contribution in [2.24, 2.45) is 5.92 Å². The SMILES string of the molecule is CCC1CCCCCCN(C(=O)c2ccc3n[nH]nc3c2)CC1. The number of hydrogen-bond acceptors (Lipinski definition) is 3. The molecular weight excluding hydrogens is 288 g/mol. The lowest BCUT2D eigenvalue weighted by atomic mass is 9.93. The summed E-state index contributed by atoms with van der Waals surface area (Å²) in [7, 11) is 0. The number of aromatic amines is 1. The number of carbonyl (C=O) groups excluding carboxylic acids is 1. The van der Waals surface area contributed by atoms with Gasteiger partial charge in [0.25, 0.3) is 5.91 Å². The van der Waals surface area contributed by atoms with E-state index in [1.54, 1.807) is 0 Å². The summed E-state index contributed by atoms with van der Waals surface area (Å²) in [6.07, 6.45) is 8.61. The van der Waals surface area contributed by atoms with Crippen molar-refractivity contribution in [1.82, 2.24) is 20.3 Å². The number of hydrogen-bond donors (Lipinski definition) is 1. The number of H-pyrrole nitrogens is 1. The van der Waals surface area contributed by atoms with Gasteiger partial charge in [-0.3, -0.25) is 4.79 Å². The molecule has 2 heterocycles. The normalized spacial score (nSPS) is 20.6. The Morgan fingerprint density at radius 1 is 1.13 bits per heavy atom. The number of fused-ring (bicyclic) bond motifs is 1. The monoisotopic (exact) mass is 314 g/mol. The zero-order chi connectivity index (χ0) is 16.1. The molecule has 0 bridgehead atoms. The molecule has 1 saturated heterocycles. The molecule has 0 saturated carbocycles. The minimum atomic E-state index is 0.130. The predicted octanol–water partition coefficient (Wildman–Crippen LogP) is 3.78. The number of nitrogens with zero attached hydrogens (tertiary/aromatic N) is 3. The van der Waals surface area contributed by atoms with Crippen LogP contribution in [0.15, 0.2) is 18.2 Å². The van der Waals surface area contributed by atoms with Crippen LogP contribution in [-0.2, 0) is 0 Å². The van der Waals surface area contributed by atoms with E-state index in [1.165, 1.54) is 32.1 Å². The molecule has 1 aliphatic rings. The standard InChI is InChI=1S/C18H26N4O/c1-2-14-7-5-3-4-6-11-22(12-10-14)18(23)15-8-9-16-17(13-15)20-21-19-16/h8-9,13-14H,2-7,10-12H2,1H3,(H,19,20,21). The zero-order valence-electron chi connectivity index (χ0n) is 13.9. The Balaban J connectivity index is 1.74. The second kappa shape index (κ2) is 7.57. The second-order valence-electron chi connectivity index (χ2n) is 6.59. The molecular formula is C18H26N4O. The summed E-state index contributed by atoms with van der Waals surface area (Å²) >= 11 is 0. The minimum absolute atomic E-state index is 0.130. The van der Waals surface area contributed by atoms with Crippen LogP contribution in [0.25, 0.3) is 11.0 Å². The van der Waals surface area contributed by atoms with E-state index in [1.807, 2.05) is 23.1 Å². The van der Waals surface area contributed by atoms with E-state index in [0.29, 0.717) is 0 Å².